The van der Waals surface area contributed by atoms with Crippen molar-refractivity contribution in [1.82, 2.24) is 9.97 Å². The SMILES string of the molecule is Cc1c(-c2cc3cc(Cc4ncc[nH]4)ccc3o2)oc(=O)c(C)c1O. The smallest absolute Gasteiger partial charge is 0.343 e. The molecule has 0 aliphatic heterocycles. The number of aromatic amines is 1. The fourth-order valence-electron chi connectivity index (χ4n) is 2.87. The van der Waals surface area contributed by atoms with Crippen LogP contribution in [0, 0.1) is 13.8 Å². The zero-order valence-electron chi connectivity index (χ0n) is 13.8. The van der Waals surface area contributed by atoms with Crippen molar-refractivity contribution in [3.8, 4) is 17.3 Å². The van der Waals surface area contributed by atoms with Gasteiger partial charge in [-0.15, -0.1) is 0 Å². The average molecular weight is 336 g/mol. The second-order valence-corrected chi connectivity index (χ2v) is 6.01. The summed E-state index contributed by atoms with van der Waals surface area (Å²) in [4.78, 5) is 19.2. The summed E-state index contributed by atoms with van der Waals surface area (Å²) in [5.74, 6) is 1.48. The van der Waals surface area contributed by atoms with Gasteiger partial charge in [0.1, 0.15) is 17.2 Å². The number of hydrogen-bond donors (Lipinski definition) is 2. The zero-order valence-corrected chi connectivity index (χ0v) is 13.8. The number of fused-ring (bicyclic) bond motifs is 1. The van der Waals surface area contributed by atoms with E-state index in [9.17, 15) is 9.90 Å². The zero-order chi connectivity index (χ0) is 17.6. The molecule has 0 amide bonds. The van der Waals surface area contributed by atoms with E-state index < -0.39 is 5.63 Å². The lowest BCUT2D eigenvalue weighted by Gasteiger charge is -2.05. The predicted octanol–water partition coefficient (Wildman–Crippen LogP) is 3.69. The fraction of sp³-hybridized carbons (Fsp3) is 0.158. The Morgan fingerprint density at radius 1 is 1.16 bits per heavy atom. The van der Waals surface area contributed by atoms with Gasteiger partial charge in [-0.2, -0.15) is 0 Å². The first-order valence-electron chi connectivity index (χ1n) is 7.87. The normalized spacial score (nSPS) is 11.3. The molecule has 0 aliphatic carbocycles. The number of nitrogens with zero attached hydrogens (tertiary/aromatic N) is 1. The molecule has 0 unspecified atom stereocenters. The summed E-state index contributed by atoms with van der Waals surface area (Å²) in [7, 11) is 0. The minimum Gasteiger partial charge on any atom is -0.507 e. The van der Waals surface area contributed by atoms with Crippen molar-refractivity contribution in [3.63, 3.8) is 0 Å². The van der Waals surface area contributed by atoms with Crippen LogP contribution >= 0.6 is 0 Å². The van der Waals surface area contributed by atoms with Crippen molar-refractivity contribution in [2.24, 2.45) is 0 Å². The van der Waals surface area contributed by atoms with Gasteiger partial charge in [-0.1, -0.05) is 6.07 Å². The highest BCUT2D eigenvalue weighted by Crippen LogP contribution is 2.33. The van der Waals surface area contributed by atoms with Gasteiger partial charge in [0.25, 0.3) is 0 Å². The maximum absolute atomic E-state index is 11.9. The number of H-pyrrole nitrogens is 1. The van der Waals surface area contributed by atoms with E-state index in [0.717, 1.165) is 16.8 Å². The van der Waals surface area contributed by atoms with E-state index in [2.05, 4.69) is 9.97 Å². The molecule has 0 bridgehead atoms. The van der Waals surface area contributed by atoms with Crippen molar-refractivity contribution in [1.29, 1.82) is 0 Å². The standard InChI is InChI=1S/C19H16N2O4/c1-10-17(22)11(2)19(23)25-18(10)15-9-13-7-12(3-4-14(13)24-15)8-16-20-5-6-21-16/h3-7,9,22H,8H2,1-2H3,(H,20,21). The summed E-state index contributed by atoms with van der Waals surface area (Å²) >= 11 is 0. The molecule has 4 rings (SSSR count). The number of benzene rings is 1. The van der Waals surface area contributed by atoms with Gasteiger partial charge in [-0.05, 0) is 37.6 Å². The Kier molecular flexibility index (Phi) is 3.46. The van der Waals surface area contributed by atoms with Gasteiger partial charge in [-0.3, -0.25) is 0 Å². The molecule has 0 atom stereocenters. The Bertz CT molecular complexity index is 1120. The number of furan rings is 1. The van der Waals surface area contributed by atoms with Crippen LogP contribution < -0.4 is 5.63 Å². The topological polar surface area (TPSA) is 92.3 Å². The quantitative estimate of drug-likeness (QED) is 0.595. The lowest BCUT2D eigenvalue weighted by Crippen LogP contribution is -2.05. The Hall–Kier alpha value is -3.28. The average Bonchev–Trinajstić information content (AvgIpc) is 3.25. The summed E-state index contributed by atoms with van der Waals surface area (Å²) in [5.41, 5.74) is 1.86. The van der Waals surface area contributed by atoms with Gasteiger partial charge in [0.05, 0.1) is 5.56 Å². The highest BCUT2D eigenvalue weighted by molar-refractivity contribution is 5.83. The molecule has 3 heterocycles. The minimum atomic E-state index is -0.572. The third-order valence-electron chi connectivity index (χ3n) is 4.28. The minimum absolute atomic E-state index is 0.0646. The van der Waals surface area contributed by atoms with E-state index in [0.29, 0.717) is 23.3 Å². The molecule has 126 valence electrons. The lowest BCUT2D eigenvalue weighted by atomic mass is 10.1. The molecule has 2 N–H and O–H groups in total. The largest absolute Gasteiger partial charge is 0.507 e. The third-order valence-corrected chi connectivity index (χ3v) is 4.28. The van der Waals surface area contributed by atoms with E-state index in [1.165, 1.54) is 6.92 Å². The van der Waals surface area contributed by atoms with Crippen LogP contribution in [0.2, 0.25) is 0 Å². The van der Waals surface area contributed by atoms with Gasteiger partial charge in [0.15, 0.2) is 11.5 Å². The maximum atomic E-state index is 11.9. The highest BCUT2D eigenvalue weighted by Gasteiger charge is 2.18. The summed E-state index contributed by atoms with van der Waals surface area (Å²) in [6.07, 6.45) is 4.19. The first kappa shape index (κ1) is 15.3. The van der Waals surface area contributed by atoms with Crippen LogP contribution in [0.15, 0.2) is 50.3 Å². The molecular weight excluding hydrogens is 320 g/mol. The Balaban J connectivity index is 1.78. The monoisotopic (exact) mass is 336 g/mol. The van der Waals surface area contributed by atoms with Crippen LogP contribution in [-0.2, 0) is 6.42 Å². The number of hydrogen-bond acceptors (Lipinski definition) is 5. The lowest BCUT2D eigenvalue weighted by molar-refractivity contribution is 0.433. The molecule has 25 heavy (non-hydrogen) atoms. The van der Waals surface area contributed by atoms with Gasteiger partial charge in [0.2, 0.25) is 0 Å². The van der Waals surface area contributed by atoms with E-state index >= 15 is 0 Å². The van der Waals surface area contributed by atoms with Gasteiger partial charge in [0, 0.05) is 29.8 Å². The van der Waals surface area contributed by atoms with Crippen LogP contribution in [0.4, 0.5) is 0 Å². The van der Waals surface area contributed by atoms with Crippen molar-refractivity contribution in [2.75, 3.05) is 0 Å². The van der Waals surface area contributed by atoms with E-state index in [4.69, 9.17) is 8.83 Å². The maximum Gasteiger partial charge on any atom is 0.343 e. The molecule has 4 aromatic rings. The number of rotatable bonds is 3. The molecular formula is C19H16N2O4. The summed E-state index contributed by atoms with van der Waals surface area (Å²) in [6, 6.07) is 7.65. The number of imidazole rings is 1. The molecule has 3 aromatic heterocycles. The number of aromatic hydroxyl groups is 1. The van der Waals surface area contributed by atoms with Gasteiger partial charge >= 0.3 is 5.63 Å². The van der Waals surface area contributed by atoms with E-state index in [1.807, 2.05) is 18.2 Å². The van der Waals surface area contributed by atoms with Crippen LogP contribution in [0.3, 0.4) is 0 Å². The number of nitrogens with one attached hydrogen (secondary N) is 1. The fourth-order valence-corrected chi connectivity index (χ4v) is 2.87. The summed E-state index contributed by atoms with van der Waals surface area (Å²) < 4.78 is 11.1. The van der Waals surface area contributed by atoms with E-state index in [-0.39, 0.29) is 17.1 Å². The summed E-state index contributed by atoms with van der Waals surface area (Å²) in [6.45, 7) is 3.22. The molecule has 6 heteroatoms. The molecule has 0 saturated heterocycles. The molecule has 0 saturated carbocycles. The Morgan fingerprint density at radius 3 is 2.76 bits per heavy atom. The molecule has 0 fully saturated rings. The highest BCUT2D eigenvalue weighted by atomic mass is 16.4. The van der Waals surface area contributed by atoms with E-state index in [1.54, 1.807) is 25.4 Å². The van der Waals surface area contributed by atoms with Crippen LogP contribution in [0.25, 0.3) is 22.5 Å². The van der Waals surface area contributed by atoms with Crippen molar-refractivity contribution < 1.29 is 13.9 Å². The second-order valence-electron chi connectivity index (χ2n) is 6.01. The van der Waals surface area contributed by atoms with Crippen molar-refractivity contribution in [3.05, 3.63) is 69.6 Å². The molecule has 0 spiro atoms. The van der Waals surface area contributed by atoms with Gasteiger partial charge < -0.3 is 18.9 Å². The van der Waals surface area contributed by atoms with Crippen LogP contribution in [0.1, 0.15) is 22.5 Å². The first-order chi connectivity index (χ1) is 12.0. The Labute approximate surface area is 142 Å². The molecule has 0 aliphatic rings. The van der Waals surface area contributed by atoms with Crippen LogP contribution in [0.5, 0.6) is 5.75 Å². The summed E-state index contributed by atoms with van der Waals surface area (Å²) in [5, 5.41) is 11.0. The van der Waals surface area contributed by atoms with Crippen LogP contribution in [-0.4, -0.2) is 15.1 Å². The molecule has 1 aromatic carbocycles. The molecule has 6 nitrogen and oxygen atoms in total. The first-order valence-corrected chi connectivity index (χ1v) is 7.87. The number of aromatic nitrogens is 2. The predicted molar refractivity (Wildman–Crippen MR) is 92.7 cm³/mol. The van der Waals surface area contributed by atoms with Crippen molar-refractivity contribution >= 4 is 11.0 Å². The Morgan fingerprint density at radius 2 is 2.00 bits per heavy atom. The molecule has 0 radical (unpaired) electrons. The van der Waals surface area contributed by atoms with Crippen molar-refractivity contribution in [2.45, 2.75) is 20.3 Å². The second kappa shape index (κ2) is 5.66. The van der Waals surface area contributed by atoms with Gasteiger partial charge in [-0.25, -0.2) is 9.78 Å². The third kappa shape index (κ3) is 2.61.